The molecule has 2 aromatic carbocycles. The Morgan fingerprint density at radius 3 is 2.79 bits per heavy atom. The van der Waals surface area contributed by atoms with Crippen molar-refractivity contribution < 1.29 is 17.9 Å². The van der Waals surface area contributed by atoms with Gasteiger partial charge in [0.25, 0.3) is 0 Å². The average molecular weight is 438 g/mol. The van der Waals surface area contributed by atoms with Crippen molar-refractivity contribution in [1.29, 1.82) is 0 Å². The van der Waals surface area contributed by atoms with E-state index in [0.717, 1.165) is 20.8 Å². The zero-order valence-electron chi connectivity index (χ0n) is 15.3. The summed E-state index contributed by atoms with van der Waals surface area (Å²) in [4.78, 5) is 16.8. The third-order valence-corrected chi connectivity index (χ3v) is 6.23. The van der Waals surface area contributed by atoms with Crippen molar-refractivity contribution in [2.45, 2.75) is 11.3 Å². The molecule has 1 heterocycles. The Balaban J connectivity index is 1.64. The first kappa shape index (κ1) is 20.4. The highest BCUT2D eigenvalue weighted by atomic mass is 32.2. The van der Waals surface area contributed by atoms with E-state index in [1.807, 2.05) is 25.1 Å². The molecule has 0 unspecified atom stereocenters. The van der Waals surface area contributed by atoms with Crippen molar-refractivity contribution in [1.82, 2.24) is 4.98 Å². The van der Waals surface area contributed by atoms with Gasteiger partial charge in [-0.3, -0.25) is 9.52 Å². The maximum atomic E-state index is 12.3. The predicted octanol–water partition coefficient (Wildman–Crippen LogP) is 3.80. The van der Waals surface area contributed by atoms with Gasteiger partial charge in [0.15, 0.2) is 4.34 Å². The number of ether oxygens (including phenoxy) is 1. The van der Waals surface area contributed by atoms with Crippen LogP contribution in [0.3, 0.4) is 0 Å². The molecule has 0 bridgehead atoms. The number of thiazole rings is 1. The molecular weight excluding hydrogens is 418 g/mol. The summed E-state index contributed by atoms with van der Waals surface area (Å²) in [6.45, 7) is 2.40. The van der Waals surface area contributed by atoms with Crippen LogP contribution in [-0.4, -0.2) is 37.9 Å². The van der Waals surface area contributed by atoms with Gasteiger partial charge in [0.05, 0.1) is 40.2 Å². The van der Waals surface area contributed by atoms with Crippen LogP contribution in [0.15, 0.2) is 46.8 Å². The normalized spacial score (nSPS) is 11.4. The summed E-state index contributed by atoms with van der Waals surface area (Å²) >= 11 is 2.74. The largest absolute Gasteiger partial charge is 0.492 e. The molecule has 10 heteroatoms. The quantitative estimate of drug-likeness (QED) is 0.520. The molecule has 1 amide bonds. The lowest BCUT2D eigenvalue weighted by Crippen LogP contribution is -2.14. The van der Waals surface area contributed by atoms with Gasteiger partial charge in [-0.25, -0.2) is 13.4 Å². The second-order valence-corrected chi connectivity index (χ2v) is 9.80. The number of para-hydroxylation sites is 2. The Morgan fingerprint density at radius 2 is 2.04 bits per heavy atom. The minimum absolute atomic E-state index is 0.157. The van der Waals surface area contributed by atoms with Gasteiger partial charge in [-0.1, -0.05) is 23.9 Å². The Kier molecular flexibility index (Phi) is 6.42. The molecule has 7 nitrogen and oxygen atoms in total. The maximum Gasteiger partial charge on any atom is 0.234 e. The van der Waals surface area contributed by atoms with Crippen LogP contribution in [0.1, 0.15) is 6.92 Å². The summed E-state index contributed by atoms with van der Waals surface area (Å²) in [5.74, 6) is 0.680. The summed E-state index contributed by atoms with van der Waals surface area (Å²) < 4.78 is 32.2. The second-order valence-electron chi connectivity index (χ2n) is 5.80. The third-order valence-electron chi connectivity index (χ3n) is 3.46. The monoisotopic (exact) mass is 437 g/mol. The molecule has 0 saturated carbocycles. The number of rotatable bonds is 8. The Morgan fingerprint density at radius 1 is 1.25 bits per heavy atom. The lowest BCUT2D eigenvalue weighted by Gasteiger charge is -2.10. The molecule has 0 spiro atoms. The fourth-order valence-electron chi connectivity index (χ4n) is 2.41. The molecule has 2 N–H and O–H groups in total. The zero-order valence-corrected chi connectivity index (χ0v) is 17.7. The molecule has 0 atom stereocenters. The minimum Gasteiger partial charge on any atom is -0.492 e. The molecule has 0 saturated heterocycles. The predicted molar refractivity (Wildman–Crippen MR) is 115 cm³/mol. The number of hydrogen-bond acceptors (Lipinski definition) is 7. The molecular formula is C18H19N3O4S3. The number of amides is 1. The van der Waals surface area contributed by atoms with E-state index in [-0.39, 0.29) is 11.7 Å². The van der Waals surface area contributed by atoms with E-state index in [1.54, 1.807) is 24.3 Å². The van der Waals surface area contributed by atoms with Gasteiger partial charge in [0.1, 0.15) is 5.75 Å². The van der Waals surface area contributed by atoms with E-state index >= 15 is 0 Å². The summed E-state index contributed by atoms with van der Waals surface area (Å²) in [6.07, 6.45) is 1.10. The van der Waals surface area contributed by atoms with Gasteiger partial charge < -0.3 is 10.1 Å². The Hall–Kier alpha value is -2.30. The highest BCUT2D eigenvalue weighted by Crippen LogP contribution is 2.32. The summed E-state index contributed by atoms with van der Waals surface area (Å²) in [5.41, 5.74) is 1.88. The highest BCUT2D eigenvalue weighted by Gasteiger charge is 2.11. The van der Waals surface area contributed by atoms with Crippen LogP contribution in [0.25, 0.3) is 10.2 Å². The number of fused-ring (bicyclic) bond motifs is 1. The average Bonchev–Trinajstić information content (AvgIpc) is 3.03. The van der Waals surface area contributed by atoms with Crippen LogP contribution >= 0.6 is 23.1 Å². The van der Waals surface area contributed by atoms with Crippen LogP contribution in [-0.2, 0) is 14.8 Å². The van der Waals surface area contributed by atoms with Crippen LogP contribution in [0.2, 0.25) is 0 Å². The van der Waals surface area contributed by atoms with Crippen molar-refractivity contribution >= 4 is 60.6 Å². The number of carbonyl (C=O) groups is 1. The lowest BCUT2D eigenvalue weighted by molar-refractivity contribution is -0.113. The van der Waals surface area contributed by atoms with Crippen molar-refractivity contribution in [3.05, 3.63) is 42.5 Å². The Bertz CT molecular complexity index is 1100. The van der Waals surface area contributed by atoms with E-state index < -0.39 is 10.0 Å². The first-order valence-corrected chi connectivity index (χ1v) is 12.1. The molecule has 3 aromatic rings. The van der Waals surface area contributed by atoms with Crippen LogP contribution in [0.4, 0.5) is 11.4 Å². The molecule has 0 fully saturated rings. The zero-order chi connectivity index (χ0) is 20.1. The number of thioether (sulfide) groups is 1. The van der Waals surface area contributed by atoms with Crippen LogP contribution in [0.5, 0.6) is 5.75 Å². The SMILES string of the molecule is CCOc1ccccc1NC(=O)CSc1nc2ccc(NS(C)(=O)=O)cc2s1. The van der Waals surface area contributed by atoms with Gasteiger partial charge in [0.2, 0.25) is 15.9 Å². The van der Waals surface area contributed by atoms with Crippen molar-refractivity contribution in [3.63, 3.8) is 0 Å². The highest BCUT2D eigenvalue weighted by molar-refractivity contribution is 8.01. The molecule has 0 radical (unpaired) electrons. The van der Waals surface area contributed by atoms with Gasteiger partial charge in [0, 0.05) is 0 Å². The second kappa shape index (κ2) is 8.80. The lowest BCUT2D eigenvalue weighted by atomic mass is 10.3. The van der Waals surface area contributed by atoms with E-state index in [0.29, 0.717) is 23.7 Å². The number of aromatic nitrogens is 1. The van der Waals surface area contributed by atoms with Gasteiger partial charge in [-0.2, -0.15) is 0 Å². The van der Waals surface area contributed by atoms with E-state index in [9.17, 15) is 13.2 Å². The molecule has 0 aliphatic rings. The van der Waals surface area contributed by atoms with Crippen molar-refractivity contribution in [2.75, 3.05) is 28.7 Å². The molecule has 148 valence electrons. The third kappa shape index (κ3) is 5.60. The standard InChI is InChI=1S/C18H19N3O4S3/c1-3-25-15-7-5-4-6-13(15)19-17(22)11-26-18-20-14-9-8-12(10-16(14)27-18)21-28(2,23)24/h4-10,21H,3,11H2,1-2H3,(H,19,22). The molecule has 0 aliphatic carbocycles. The van der Waals surface area contributed by atoms with Crippen LogP contribution in [0, 0.1) is 0 Å². The first-order valence-electron chi connectivity index (χ1n) is 8.37. The number of nitrogens with one attached hydrogen (secondary N) is 2. The molecule has 1 aromatic heterocycles. The van der Waals surface area contributed by atoms with Crippen molar-refractivity contribution in [2.24, 2.45) is 0 Å². The molecule has 0 aliphatic heterocycles. The number of benzene rings is 2. The smallest absolute Gasteiger partial charge is 0.234 e. The van der Waals surface area contributed by atoms with Gasteiger partial charge >= 0.3 is 0 Å². The fourth-order valence-corrected chi connectivity index (χ4v) is 4.87. The van der Waals surface area contributed by atoms with Gasteiger partial charge in [-0.15, -0.1) is 11.3 Å². The molecule has 3 rings (SSSR count). The summed E-state index contributed by atoms with van der Waals surface area (Å²) in [5, 5.41) is 2.85. The number of nitrogens with zero attached hydrogens (tertiary/aromatic N) is 1. The van der Waals surface area contributed by atoms with Crippen LogP contribution < -0.4 is 14.8 Å². The maximum absolute atomic E-state index is 12.3. The summed E-state index contributed by atoms with van der Waals surface area (Å²) in [6, 6.07) is 12.4. The number of anilines is 2. The molecule has 28 heavy (non-hydrogen) atoms. The topological polar surface area (TPSA) is 97.4 Å². The van der Waals surface area contributed by atoms with Gasteiger partial charge in [-0.05, 0) is 37.3 Å². The van der Waals surface area contributed by atoms with E-state index in [4.69, 9.17) is 4.74 Å². The summed E-state index contributed by atoms with van der Waals surface area (Å²) in [7, 11) is -3.33. The van der Waals surface area contributed by atoms with E-state index in [1.165, 1.54) is 23.1 Å². The number of hydrogen-bond donors (Lipinski definition) is 2. The number of carbonyl (C=O) groups excluding carboxylic acids is 1. The fraction of sp³-hybridized carbons (Fsp3) is 0.222. The first-order chi connectivity index (χ1) is 13.3. The Labute approximate surface area is 171 Å². The van der Waals surface area contributed by atoms with Crippen molar-refractivity contribution in [3.8, 4) is 5.75 Å². The number of sulfonamides is 1. The minimum atomic E-state index is -3.33. The van der Waals surface area contributed by atoms with E-state index in [2.05, 4.69) is 15.0 Å².